The molecule has 7 N–H and O–H groups in total. The van der Waals surface area contributed by atoms with Crippen LogP contribution in [0.3, 0.4) is 0 Å². The number of methoxy groups -OCH3 is 2. The Hall–Kier alpha value is -3.38. The maximum atomic E-state index is 12.8. The molecule has 216 valence electrons. The van der Waals surface area contributed by atoms with Crippen LogP contribution in [0.4, 0.5) is 10.5 Å². The van der Waals surface area contributed by atoms with Gasteiger partial charge in [0.15, 0.2) is 6.10 Å². The number of carbonyl (C=O) groups is 2. The third-order valence-electron chi connectivity index (χ3n) is 6.79. The monoisotopic (exact) mass is 548 g/mol. The Morgan fingerprint density at radius 3 is 2.33 bits per heavy atom. The number of ether oxygens (including phenoxy) is 3. The molecule has 0 aromatic heterocycles. The van der Waals surface area contributed by atoms with E-state index in [0.29, 0.717) is 5.57 Å². The van der Waals surface area contributed by atoms with Crippen molar-refractivity contribution in [2.24, 2.45) is 17.6 Å². The average Bonchev–Trinajstić information content (AvgIpc) is 2.86. The number of fused-ring (bicyclic) bond motifs is 2. The van der Waals surface area contributed by atoms with E-state index in [2.05, 4.69) is 5.32 Å². The van der Waals surface area contributed by atoms with Gasteiger partial charge in [-0.25, -0.2) is 4.79 Å². The standard InChI is InChI=1S/C28H40N2O9/c1-14-8-7-9-22(37-5)26(39-28(29)36)16(3)10-15(2)23(33)21(32)11-17(4)25(38-6)19-12-18(31)13-20(24(19)34)30-27(14)35/h7-10,12-13,15,17,21-23,25-26,31-34H,11H2,1-6H3,(H2,29,36)(H,30,35)/b9-7-,14-8+,16-10+/t15-,17-,21-,22-,23?,25?,26-/m0/s1. The van der Waals surface area contributed by atoms with Gasteiger partial charge in [-0.15, -0.1) is 0 Å². The smallest absolute Gasteiger partial charge is 0.405 e. The van der Waals surface area contributed by atoms with Crippen LogP contribution < -0.4 is 11.1 Å². The second-order valence-electron chi connectivity index (χ2n) is 9.87. The summed E-state index contributed by atoms with van der Waals surface area (Å²) in [7, 11) is 2.83. The molecule has 0 fully saturated rings. The van der Waals surface area contributed by atoms with Gasteiger partial charge in [-0.2, -0.15) is 0 Å². The summed E-state index contributed by atoms with van der Waals surface area (Å²) in [5, 5.41) is 45.6. The van der Waals surface area contributed by atoms with Gasteiger partial charge in [-0.3, -0.25) is 4.79 Å². The molecule has 0 radical (unpaired) electrons. The lowest BCUT2D eigenvalue weighted by Gasteiger charge is -2.30. The van der Waals surface area contributed by atoms with Gasteiger partial charge in [0.05, 0.1) is 24.0 Å². The average molecular weight is 549 g/mol. The fourth-order valence-corrected chi connectivity index (χ4v) is 4.67. The lowest BCUT2D eigenvalue weighted by Crippen LogP contribution is -2.36. The third kappa shape index (κ3) is 8.30. The summed E-state index contributed by atoms with van der Waals surface area (Å²) in [6.45, 7) is 6.70. The van der Waals surface area contributed by atoms with Crippen molar-refractivity contribution in [2.45, 2.75) is 64.6 Å². The van der Waals surface area contributed by atoms with E-state index in [4.69, 9.17) is 19.9 Å². The molecule has 7 atom stereocenters. The van der Waals surface area contributed by atoms with Crippen molar-refractivity contribution in [3.05, 3.63) is 53.1 Å². The number of aliphatic hydroxyl groups excluding tert-OH is 2. The molecule has 1 aliphatic heterocycles. The minimum atomic E-state index is -1.20. The van der Waals surface area contributed by atoms with Crippen molar-refractivity contribution in [1.29, 1.82) is 0 Å². The Labute approximate surface area is 228 Å². The number of allylic oxidation sites excluding steroid dienone is 2. The zero-order valence-corrected chi connectivity index (χ0v) is 23.1. The highest BCUT2D eigenvalue weighted by Gasteiger charge is 2.31. The van der Waals surface area contributed by atoms with E-state index in [1.165, 1.54) is 32.4 Å². The van der Waals surface area contributed by atoms with Crippen LogP contribution in [0.1, 0.15) is 45.8 Å². The van der Waals surface area contributed by atoms with Crippen LogP contribution in [-0.2, 0) is 19.0 Å². The molecule has 0 spiro atoms. The van der Waals surface area contributed by atoms with E-state index in [0.717, 1.165) is 0 Å². The number of primary amides is 1. The van der Waals surface area contributed by atoms with Crippen LogP contribution in [-0.4, -0.2) is 71.1 Å². The first kappa shape index (κ1) is 31.8. The number of benzene rings is 1. The van der Waals surface area contributed by atoms with Gasteiger partial charge in [0.1, 0.15) is 17.6 Å². The zero-order valence-electron chi connectivity index (χ0n) is 23.1. The third-order valence-corrected chi connectivity index (χ3v) is 6.79. The van der Waals surface area contributed by atoms with Crippen LogP contribution in [0, 0.1) is 11.8 Å². The summed E-state index contributed by atoms with van der Waals surface area (Å²) in [5.74, 6) is -2.06. The van der Waals surface area contributed by atoms with Crippen molar-refractivity contribution in [2.75, 3.05) is 19.5 Å². The van der Waals surface area contributed by atoms with Crippen molar-refractivity contribution in [1.82, 2.24) is 0 Å². The van der Waals surface area contributed by atoms with E-state index < -0.39 is 54.4 Å². The molecule has 0 saturated carbocycles. The number of nitrogens with two attached hydrogens (primary N) is 1. The number of rotatable bonds is 3. The van der Waals surface area contributed by atoms with Crippen molar-refractivity contribution < 1.29 is 44.2 Å². The second kappa shape index (κ2) is 14.1. The largest absolute Gasteiger partial charge is 0.508 e. The molecule has 2 bridgehead atoms. The molecule has 2 unspecified atom stereocenters. The van der Waals surface area contributed by atoms with Crippen molar-refractivity contribution in [3.63, 3.8) is 0 Å². The SMILES string of the molecule is COC1c2cc(O)cc(c2O)NC(=O)/C(C)=C/C=C\[C@H](OC)[C@@H](OC(N)=O)/C(C)=C/[C@H](C)C(O)[C@@H](O)C[C@@H]1C. The Kier molecular flexibility index (Phi) is 11.5. The van der Waals surface area contributed by atoms with E-state index in [-0.39, 0.29) is 34.7 Å². The molecular formula is C28H40N2O9. The summed E-state index contributed by atoms with van der Waals surface area (Å²) in [6.07, 6.45) is 0.389. The summed E-state index contributed by atoms with van der Waals surface area (Å²) in [5.41, 5.74) is 6.26. The molecule has 2 rings (SSSR count). The van der Waals surface area contributed by atoms with Crippen LogP contribution in [0.15, 0.2) is 47.6 Å². The van der Waals surface area contributed by atoms with Gasteiger partial charge in [-0.1, -0.05) is 38.2 Å². The first-order valence-electron chi connectivity index (χ1n) is 12.6. The van der Waals surface area contributed by atoms with Gasteiger partial charge in [0.25, 0.3) is 5.91 Å². The number of aromatic hydroxyl groups is 2. The maximum Gasteiger partial charge on any atom is 0.405 e. The molecule has 2 amide bonds. The van der Waals surface area contributed by atoms with Crippen molar-refractivity contribution >= 4 is 17.7 Å². The summed E-state index contributed by atoms with van der Waals surface area (Å²) in [6, 6.07) is 2.53. The molecular weight excluding hydrogens is 508 g/mol. The highest BCUT2D eigenvalue weighted by Crippen LogP contribution is 2.41. The molecule has 0 saturated heterocycles. The molecule has 0 aliphatic carbocycles. The minimum Gasteiger partial charge on any atom is -0.508 e. The highest BCUT2D eigenvalue weighted by molar-refractivity contribution is 6.04. The molecule has 39 heavy (non-hydrogen) atoms. The lowest BCUT2D eigenvalue weighted by molar-refractivity contribution is -0.112. The number of aliphatic hydroxyl groups is 2. The van der Waals surface area contributed by atoms with Gasteiger partial charge < -0.3 is 45.7 Å². The molecule has 1 aromatic rings. The van der Waals surface area contributed by atoms with Gasteiger partial charge >= 0.3 is 6.09 Å². The van der Waals surface area contributed by atoms with Gasteiger partial charge in [-0.05, 0) is 37.8 Å². The Balaban J connectivity index is 2.63. The fourth-order valence-electron chi connectivity index (χ4n) is 4.67. The van der Waals surface area contributed by atoms with E-state index in [1.807, 2.05) is 0 Å². The molecule has 11 nitrogen and oxygen atoms in total. The molecule has 11 heteroatoms. The van der Waals surface area contributed by atoms with Crippen LogP contribution in [0.5, 0.6) is 11.5 Å². The summed E-state index contributed by atoms with van der Waals surface area (Å²) < 4.78 is 16.4. The van der Waals surface area contributed by atoms with Gasteiger partial charge in [0, 0.05) is 37.3 Å². The summed E-state index contributed by atoms with van der Waals surface area (Å²) in [4.78, 5) is 24.5. The van der Waals surface area contributed by atoms with E-state index in [1.54, 1.807) is 45.9 Å². The predicted molar refractivity (Wildman–Crippen MR) is 145 cm³/mol. The molecule has 1 aliphatic rings. The minimum absolute atomic E-state index is 0.0300. The first-order chi connectivity index (χ1) is 18.3. The van der Waals surface area contributed by atoms with E-state index >= 15 is 0 Å². The van der Waals surface area contributed by atoms with Gasteiger partial charge in [0.2, 0.25) is 0 Å². The van der Waals surface area contributed by atoms with Crippen LogP contribution >= 0.6 is 0 Å². The number of carbonyl (C=O) groups excluding carboxylic acids is 2. The number of anilines is 1. The number of hydrogen-bond acceptors (Lipinski definition) is 9. The Morgan fingerprint density at radius 1 is 1.08 bits per heavy atom. The molecule has 1 heterocycles. The number of amides is 2. The topological polar surface area (TPSA) is 181 Å². The predicted octanol–water partition coefficient (Wildman–Crippen LogP) is 3.05. The number of phenolic OH excluding ortho intramolecular Hbond substituents is 2. The van der Waals surface area contributed by atoms with Crippen molar-refractivity contribution in [3.8, 4) is 11.5 Å². The number of phenols is 2. The fraction of sp³-hybridized carbons (Fsp3) is 0.500. The lowest BCUT2D eigenvalue weighted by atomic mass is 9.86. The maximum absolute atomic E-state index is 12.8. The molecule has 1 aromatic carbocycles. The van der Waals surface area contributed by atoms with Crippen LogP contribution in [0.25, 0.3) is 0 Å². The second-order valence-corrected chi connectivity index (χ2v) is 9.87. The zero-order chi connectivity index (χ0) is 29.4. The van der Waals surface area contributed by atoms with E-state index in [9.17, 15) is 30.0 Å². The summed E-state index contributed by atoms with van der Waals surface area (Å²) >= 11 is 0. The quantitative estimate of drug-likeness (QED) is 0.188. The normalized spacial score (nSPS) is 32.7. The first-order valence-corrected chi connectivity index (χ1v) is 12.6. The number of hydrogen-bond donors (Lipinski definition) is 6. The Morgan fingerprint density at radius 2 is 1.74 bits per heavy atom. The number of nitrogens with one attached hydrogen (secondary N) is 1. The Bertz CT molecular complexity index is 1110. The van der Waals surface area contributed by atoms with Crippen LogP contribution in [0.2, 0.25) is 0 Å². The highest BCUT2D eigenvalue weighted by atomic mass is 16.6.